The predicted molar refractivity (Wildman–Crippen MR) is 145 cm³/mol. The minimum absolute atomic E-state index is 0.0450. The van der Waals surface area contributed by atoms with Crippen LogP contribution in [-0.2, 0) is 50.2 Å². The largest absolute Gasteiger partial charge is 0.480 e. The van der Waals surface area contributed by atoms with Gasteiger partial charge in [0.25, 0.3) is 0 Å². The Bertz CT molecular complexity index is 1300. The average Bonchev–Trinajstić information content (AvgIpc) is 2.80. The van der Waals surface area contributed by atoms with Crippen LogP contribution >= 0.6 is 0 Å². The number of rotatable bonds is 18. The molecule has 0 amide bonds. The maximum atomic E-state index is 11.7. The number of pyridine rings is 2. The first-order chi connectivity index (χ1) is 19.6. The number of carbonyl (C=O) groups is 5. The molecule has 2 aromatic heterocycles. The van der Waals surface area contributed by atoms with Gasteiger partial charge >= 0.3 is 29.8 Å². The van der Waals surface area contributed by atoms with Crippen molar-refractivity contribution in [2.24, 2.45) is 0 Å². The van der Waals surface area contributed by atoms with Crippen LogP contribution in [0.25, 0.3) is 0 Å². The highest BCUT2D eigenvalue weighted by Gasteiger charge is 2.24. The zero-order chi connectivity index (χ0) is 31.6. The molecule has 0 saturated carbocycles. The maximum absolute atomic E-state index is 11.7. The molecule has 0 aliphatic carbocycles. The smallest absolute Gasteiger partial charge is 0.320 e. The van der Waals surface area contributed by atoms with Crippen LogP contribution in [0.2, 0.25) is 0 Å². The third kappa shape index (κ3) is 12.0. The Labute approximate surface area is 241 Å². The summed E-state index contributed by atoms with van der Waals surface area (Å²) in [4.78, 5) is 69.9. The van der Waals surface area contributed by atoms with Crippen molar-refractivity contribution in [1.29, 1.82) is 0 Å². The van der Waals surface area contributed by atoms with Crippen LogP contribution in [0.3, 0.4) is 0 Å². The van der Waals surface area contributed by atoms with Crippen LogP contribution in [-0.4, -0.2) is 112 Å². The molecular formula is C27H35N5O10. The third-order valence-electron chi connectivity index (χ3n) is 5.99. The van der Waals surface area contributed by atoms with E-state index in [-0.39, 0.29) is 32.7 Å². The van der Waals surface area contributed by atoms with E-state index in [0.29, 0.717) is 22.8 Å². The summed E-state index contributed by atoms with van der Waals surface area (Å²) in [5.41, 5.74) is 3.32. The van der Waals surface area contributed by atoms with E-state index in [4.69, 9.17) is 10.2 Å². The van der Waals surface area contributed by atoms with Crippen LogP contribution in [0.5, 0.6) is 0 Å². The lowest BCUT2D eigenvalue weighted by Crippen LogP contribution is -2.41. The molecule has 15 nitrogen and oxygen atoms in total. The van der Waals surface area contributed by atoms with Gasteiger partial charge < -0.3 is 25.5 Å². The Morgan fingerprint density at radius 3 is 1.29 bits per heavy atom. The van der Waals surface area contributed by atoms with Crippen molar-refractivity contribution in [2.45, 2.75) is 53.0 Å². The Hall–Kier alpha value is -4.47. The minimum Gasteiger partial charge on any atom is -0.480 e. The van der Waals surface area contributed by atoms with E-state index in [1.54, 1.807) is 43.0 Å². The molecule has 0 radical (unpaired) electrons. The van der Waals surface area contributed by atoms with Crippen LogP contribution < -0.4 is 0 Å². The number of aryl methyl sites for hydroxylation is 2. The van der Waals surface area contributed by atoms with Crippen LogP contribution in [0, 0.1) is 13.8 Å². The molecule has 1 unspecified atom stereocenters. The van der Waals surface area contributed by atoms with Gasteiger partial charge in [-0.3, -0.25) is 48.6 Å². The van der Waals surface area contributed by atoms with E-state index in [1.807, 2.05) is 0 Å². The van der Waals surface area contributed by atoms with Crippen LogP contribution in [0.4, 0.5) is 0 Å². The van der Waals surface area contributed by atoms with Gasteiger partial charge in [-0.25, -0.2) is 0 Å². The van der Waals surface area contributed by atoms with Gasteiger partial charge in [0.05, 0.1) is 49.0 Å². The molecule has 2 heterocycles. The van der Waals surface area contributed by atoms with Gasteiger partial charge in [-0.15, -0.1) is 0 Å². The van der Waals surface area contributed by atoms with Crippen LogP contribution in [0.15, 0.2) is 24.3 Å². The van der Waals surface area contributed by atoms with Crippen molar-refractivity contribution in [3.63, 3.8) is 0 Å². The quantitative estimate of drug-likeness (QED) is 0.160. The lowest BCUT2D eigenvalue weighted by Gasteiger charge is -2.25. The molecular weight excluding hydrogens is 554 g/mol. The Balaban J connectivity index is 2.31. The standard InChI is InChI=1S/C27H35N5O10/c1-16-4-19(28-21(5-16)10-31(13-24(35)36)14-25(37)38)8-30(12-23(33)34)9-20-6-17(2)7-22(29-20)11-32(15-26(39)40)18(3)27(41)42/h4-7,18H,8-15H2,1-3H3,(H,33,34)(H,35,36)(H,37,38)(H,39,40)(H,41,42). The monoisotopic (exact) mass is 589 g/mol. The summed E-state index contributed by atoms with van der Waals surface area (Å²) < 4.78 is 0. The third-order valence-corrected chi connectivity index (χ3v) is 5.99. The highest BCUT2D eigenvalue weighted by Crippen LogP contribution is 2.15. The van der Waals surface area contributed by atoms with Gasteiger partial charge in [0.2, 0.25) is 0 Å². The first-order valence-corrected chi connectivity index (χ1v) is 12.8. The number of carboxylic acids is 5. The fraction of sp³-hybridized carbons (Fsp3) is 0.444. The maximum Gasteiger partial charge on any atom is 0.320 e. The fourth-order valence-corrected chi connectivity index (χ4v) is 4.42. The van der Waals surface area contributed by atoms with Crippen molar-refractivity contribution < 1.29 is 49.5 Å². The van der Waals surface area contributed by atoms with Crippen molar-refractivity contribution in [3.05, 3.63) is 58.2 Å². The fourth-order valence-electron chi connectivity index (χ4n) is 4.42. The molecule has 0 bridgehead atoms. The second kappa shape index (κ2) is 15.5. The van der Waals surface area contributed by atoms with Gasteiger partial charge in [-0.2, -0.15) is 0 Å². The summed E-state index contributed by atoms with van der Waals surface area (Å²) >= 11 is 0. The normalized spacial score (nSPS) is 12.0. The molecule has 15 heteroatoms. The van der Waals surface area contributed by atoms with E-state index >= 15 is 0 Å². The number of nitrogens with zero attached hydrogens (tertiary/aromatic N) is 5. The summed E-state index contributed by atoms with van der Waals surface area (Å²) in [6.45, 7) is 3.10. The van der Waals surface area contributed by atoms with Crippen molar-refractivity contribution in [3.8, 4) is 0 Å². The number of aliphatic carboxylic acids is 5. The summed E-state index contributed by atoms with van der Waals surface area (Å²) in [6.07, 6.45) is 0. The SMILES string of the molecule is Cc1cc(CN(CC(=O)O)CC(=O)O)nc(CN(CC(=O)O)Cc2cc(C)cc(CN(CC(=O)O)C(C)C(=O)O)n2)c1. The molecule has 1 atom stereocenters. The molecule has 0 spiro atoms. The average molecular weight is 590 g/mol. The first kappa shape index (κ1) is 33.7. The Morgan fingerprint density at radius 1 is 0.595 bits per heavy atom. The van der Waals surface area contributed by atoms with E-state index in [0.717, 1.165) is 11.1 Å². The highest BCUT2D eigenvalue weighted by atomic mass is 16.4. The van der Waals surface area contributed by atoms with Gasteiger partial charge in [-0.05, 0) is 56.2 Å². The van der Waals surface area contributed by atoms with E-state index < -0.39 is 55.5 Å². The molecule has 42 heavy (non-hydrogen) atoms. The molecule has 0 aliphatic rings. The minimum atomic E-state index is -1.19. The van der Waals surface area contributed by atoms with Crippen molar-refractivity contribution >= 4 is 29.8 Å². The van der Waals surface area contributed by atoms with Crippen LogP contribution in [0.1, 0.15) is 40.8 Å². The molecule has 0 aromatic carbocycles. The molecule has 0 aliphatic heterocycles. The zero-order valence-corrected chi connectivity index (χ0v) is 23.6. The highest BCUT2D eigenvalue weighted by molar-refractivity contribution is 5.75. The molecule has 228 valence electrons. The van der Waals surface area contributed by atoms with E-state index in [2.05, 4.69) is 9.97 Å². The van der Waals surface area contributed by atoms with Gasteiger partial charge in [-0.1, -0.05) is 0 Å². The lowest BCUT2D eigenvalue weighted by atomic mass is 10.1. The first-order valence-electron chi connectivity index (χ1n) is 12.8. The van der Waals surface area contributed by atoms with Gasteiger partial charge in [0, 0.05) is 26.2 Å². The van der Waals surface area contributed by atoms with Gasteiger partial charge in [0.15, 0.2) is 0 Å². The number of hydrogen-bond acceptors (Lipinski definition) is 10. The Morgan fingerprint density at radius 2 is 0.929 bits per heavy atom. The van der Waals surface area contributed by atoms with Crippen molar-refractivity contribution in [2.75, 3.05) is 26.2 Å². The summed E-state index contributed by atoms with van der Waals surface area (Å²) in [6, 6.07) is 5.79. The second-order valence-electron chi connectivity index (χ2n) is 10.0. The van der Waals surface area contributed by atoms with Crippen molar-refractivity contribution in [1.82, 2.24) is 24.7 Å². The molecule has 5 N–H and O–H groups in total. The molecule has 0 saturated heterocycles. The van der Waals surface area contributed by atoms with E-state index in [1.165, 1.54) is 16.7 Å². The van der Waals surface area contributed by atoms with Gasteiger partial charge in [0.1, 0.15) is 6.04 Å². The Kier molecular flexibility index (Phi) is 12.5. The molecule has 2 rings (SSSR count). The predicted octanol–water partition coefficient (Wildman–Crippen LogP) is 0.511. The van der Waals surface area contributed by atoms with E-state index in [9.17, 15) is 39.3 Å². The summed E-state index contributed by atoms with van der Waals surface area (Å²) in [5, 5.41) is 46.4. The molecule has 2 aromatic rings. The topological polar surface area (TPSA) is 222 Å². The number of hydrogen-bond donors (Lipinski definition) is 5. The zero-order valence-electron chi connectivity index (χ0n) is 23.6. The number of aromatic nitrogens is 2. The second-order valence-corrected chi connectivity index (χ2v) is 10.0. The molecule has 0 fully saturated rings. The summed E-state index contributed by atoms with van der Waals surface area (Å²) in [7, 11) is 0. The number of carboxylic acid groups (broad SMARTS) is 5. The summed E-state index contributed by atoms with van der Waals surface area (Å²) in [5.74, 6) is -5.86. The lowest BCUT2D eigenvalue weighted by molar-refractivity contribution is -0.146.